The molecule has 11 heavy (non-hydrogen) atoms. The Balaban J connectivity index is 0.000000605. The van der Waals surface area contributed by atoms with E-state index >= 15 is 0 Å². The Kier molecular flexibility index (Phi) is 2.60. The number of aromatic hydroxyl groups is 1. The SMILES string of the molecule is Oc1c[nH]c2ccccc12.[Na+]. The minimum atomic E-state index is 0. The van der Waals surface area contributed by atoms with Gasteiger partial charge < -0.3 is 10.1 Å². The molecule has 0 bridgehead atoms. The minimum absolute atomic E-state index is 0. The van der Waals surface area contributed by atoms with Crippen LogP contribution in [-0.2, 0) is 0 Å². The molecule has 2 nitrogen and oxygen atoms in total. The van der Waals surface area contributed by atoms with E-state index < -0.39 is 0 Å². The van der Waals surface area contributed by atoms with Crippen molar-refractivity contribution in [3.8, 4) is 5.75 Å². The molecule has 0 spiro atoms. The van der Waals surface area contributed by atoms with Gasteiger partial charge in [0.25, 0.3) is 0 Å². The molecule has 2 rings (SSSR count). The van der Waals surface area contributed by atoms with Crippen molar-refractivity contribution in [1.29, 1.82) is 0 Å². The van der Waals surface area contributed by atoms with E-state index in [0.29, 0.717) is 5.75 Å². The van der Waals surface area contributed by atoms with Gasteiger partial charge in [-0.2, -0.15) is 0 Å². The molecular formula is C8H7NNaO+. The van der Waals surface area contributed by atoms with Gasteiger partial charge in [-0.05, 0) is 12.1 Å². The smallest absolute Gasteiger partial charge is 0.506 e. The first-order valence-electron chi connectivity index (χ1n) is 3.13. The molecule has 0 saturated carbocycles. The summed E-state index contributed by atoms with van der Waals surface area (Å²) in [6, 6.07) is 7.63. The summed E-state index contributed by atoms with van der Waals surface area (Å²) in [5.41, 5.74) is 0.972. The fourth-order valence-corrected chi connectivity index (χ4v) is 1.06. The van der Waals surface area contributed by atoms with Gasteiger partial charge in [-0.15, -0.1) is 0 Å². The maximum atomic E-state index is 9.18. The van der Waals surface area contributed by atoms with Crippen molar-refractivity contribution in [2.24, 2.45) is 0 Å². The third kappa shape index (κ3) is 1.43. The summed E-state index contributed by atoms with van der Waals surface area (Å²) in [5, 5.41) is 10.1. The van der Waals surface area contributed by atoms with Crippen LogP contribution in [0.2, 0.25) is 0 Å². The van der Waals surface area contributed by atoms with Crippen LogP contribution < -0.4 is 29.6 Å². The van der Waals surface area contributed by atoms with E-state index in [-0.39, 0.29) is 29.6 Å². The van der Waals surface area contributed by atoms with E-state index in [1.807, 2.05) is 24.3 Å². The second-order valence-corrected chi connectivity index (χ2v) is 2.22. The molecule has 0 saturated heterocycles. The fourth-order valence-electron chi connectivity index (χ4n) is 1.06. The number of aromatic amines is 1. The first-order valence-corrected chi connectivity index (χ1v) is 3.13. The molecule has 0 fully saturated rings. The van der Waals surface area contributed by atoms with E-state index in [2.05, 4.69) is 4.98 Å². The molecule has 3 heteroatoms. The van der Waals surface area contributed by atoms with E-state index in [1.54, 1.807) is 6.20 Å². The fraction of sp³-hybridized carbons (Fsp3) is 0. The molecule has 50 valence electrons. The quantitative estimate of drug-likeness (QED) is 0.465. The van der Waals surface area contributed by atoms with E-state index in [0.717, 1.165) is 10.9 Å². The molecule has 0 aliphatic rings. The normalized spacial score (nSPS) is 9.45. The van der Waals surface area contributed by atoms with Crippen LogP contribution in [0.4, 0.5) is 0 Å². The second-order valence-electron chi connectivity index (χ2n) is 2.22. The number of aromatic nitrogens is 1. The number of nitrogens with one attached hydrogen (secondary N) is 1. The van der Waals surface area contributed by atoms with Gasteiger partial charge in [-0.3, -0.25) is 0 Å². The van der Waals surface area contributed by atoms with Gasteiger partial charge in [0.05, 0.1) is 0 Å². The molecule has 2 N–H and O–H groups in total. The minimum Gasteiger partial charge on any atom is -0.506 e. The third-order valence-corrected chi connectivity index (χ3v) is 1.57. The van der Waals surface area contributed by atoms with Crippen molar-refractivity contribution in [2.45, 2.75) is 0 Å². The van der Waals surface area contributed by atoms with E-state index in [4.69, 9.17) is 0 Å². The van der Waals surface area contributed by atoms with Crippen LogP contribution in [0.1, 0.15) is 0 Å². The molecule has 1 aromatic heterocycles. The second kappa shape index (κ2) is 3.30. The van der Waals surface area contributed by atoms with Crippen molar-refractivity contribution >= 4 is 10.9 Å². The zero-order valence-corrected chi connectivity index (χ0v) is 8.33. The Hall–Kier alpha value is -0.440. The molecule has 0 atom stereocenters. The molecule has 0 aliphatic carbocycles. The van der Waals surface area contributed by atoms with E-state index in [1.165, 1.54) is 0 Å². The summed E-state index contributed by atoms with van der Waals surface area (Å²) in [5.74, 6) is 0.315. The van der Waals surface area contributed by atoms with Crippen molar-refractivity contribution in [3.05, 3.63) is 30.5 Å². The molecule has 0 aliphatic heterocycles. The molecule has 2 aromatic rings. The number of hydrogen-bond acceptors (Lipinski definition) is 1. The van der Waals surface area contributed by atoms with Crippen LogP contribution in [0.5, 0.6) is 5.75 Å². The van der Waals surface area contributed by atoms with Crippen molar-refractivity contribution in [3.63, 3.8) is 0 Å². The maximum absolute atomic E-state index is 9.18. The van der Waals surface area contributed by atoms with Crippen LogP contribution in [0, 0.1) is 0 Å². The number of hydrogen-bond donors (Lipinski definition) is 2. The Morgan fingerprint density at radius 2 is 1.91 bits per heavy atom. The standard InChI is InChI=1S/C8H7NO.Na/c10-8-5-9-7-4-2-1-3-6(7)8;/h1-5,9-10H;/q;+1. The summed E-state index contributed by atoms with van der Waals surface area (Å²) in [6.45, 7) is 0. The van der Waals surface area contributed by atoms with E-state index in [9.17, 15) is 5.11 Å². The summed E-state index contributed by atoms with van der Waals surface area (Å²) in [4.78, 5) is 2.94. The van der Waals surface area contributed by atoms with Gasteiger partial charge in [-0.1, -0.05) is 12.1 Å². The summed E-state index contributed by atoms with van der Waals surface area (Å²) >= 11 is 0. The Bertz CT molecular complexity index is 356. The molecule has 0 unspecified atom stereocenters. The van der Waals surface area contributed by atoms with Crippen LogP contribution in [0.15, 0.2) is 30.5 Å². The number of fused-ring (bicyclic) bond motifs is 1. The molecule has 0 radical (unpaired) electrons. The topological polar surface area (TPSA) is 36.0 Å². The zero-order valence-electron chi connectivity index (χ0n) is 6.33. The molecule has 1 aromatic carbocycles. The first kappa shape index (κ1) is 8.65. The molecular weight excluding hydrogens is 149 g/mol. The average molecular weight is 156 g/mol. The summed E-state index contributed by atoms with van der Waals surface area (Å²) in [6.07, 6.45) is 1.59. The third-order valence-electron chi connectivity index (χ3n) is 1.57. The number of para-hydroxylation sites is 1. The number of benzene rings is 1. The van der Waals surface area contributed by atoms with Gasteiger partial charge in [0.15, 0.2) is 0 Å². The maximum Gasteiger partial charge on any atom is 1.00 e. The van der Waals surface area contributed by atoms with Crippen LogP contribution in [0.3, 0.4) is 0 Å². The van der Waals surface area contributed by atoms with Crippen molar-refractivity contribution in [2.75, 3.05) is 0 Å². The summed E-state index contributed by atoms with van der Waals surface area (Å²) in [7, 11) is 0. The monoisotopic (exact) mass is 156 g/mol. The van der Waals surface area contributed by atoms with Crippen LogP contribution >= 0.6 is 0 Å². The number of H-pyrrole nitrogens is 1. The predicted molar refractivity (Wildman–Crippen MR) is 40.0 cm³/mol. The molecule has 1 heterocycles. The summed E-state index contributed by atoms with van der Waals surface area (Å²) < 4.78 is 0. The van der Waals surface area contributed by atoms with Crippen LogP contribution in [-0.4, -0.2) is 10.1 Å². The van der Waals surface area contributed by atoms with Crippen molar-refractivity contribution < 1.29 is 34.7 Å². The van der Waals surface area contributed by atoms with Gasteiger partial charge in [0.1, 0.15) is 5.75 Å². The number of rotatable bonds is 0. The Labute approximate surface area is 86.5 Å². The van der Waals surface area contributed by atoms with Gasteiger partial charge in [0.2, 0.25) is 0 Å². The average Bonchev–Trinajstić information content (AvgIpc) is 2.34. The van der Waals surface area contributed by atoms with Crippen LogP contribution in [0.25, 0.3) is 10.9 Å². The Morgan fingerprint density at radius 3 is 2.64 bits per heavy atom. The predicted octanol–water partition coefficient (Wildman–Crippen LogP) is -1.12. The van der Waals surface area contributed by atoms with Crippen molar-refractivity contribution in [1.82, 2.24) is 4.98 Å². The Morgan fingerprint density at radius 1 is 1.18 bits per heavy atom. The van der Waals surface area contributed by atoms with Gasteiger partial charge in [0, 0.05) is 17.1 Å². The van der Waals surface area contributed by atoms with Gasteiger partial charge in [-0.25, -0.2) is 0 Å². The largest absolute Gasteiger partial charge is 1.00 e. The first-order chi connectivity index (χ1) is 4.88. The van der Waals surface area contributed by atoms with Gasteiger partial charge >= 0.3 is 29.6 Å². The zero-order chi connectivity index (χ0) is 6.97. The molecule has 0 amide bonds.